The summed E-state index contributed by atoms with van der Waals surface area (Å²) in [5, 5.41) is 8.02. The van der Waals surface area contributed by atoms with Crippen molar-refractivity contribution in [3.8, 4) is 0 Å². The van der Waals surface area contributed by atoms with E-state index in [2.05, 4.69) is 10.4 Å². The van der Waals surface area contributed by atoms with Gasteiger partial charge in [-0.2, -0.15) is 5.10 Å². The highest BCUT2D eigenvalue weighted by molar-refractivity contribution is 6.00. The molecule has 0 saturated heterocycles. The molecule has 2 rings (SSSR count). The molecule has 1 aromatic heterocycles. The summed E-state index contributed by atoms with van der Waals surface area (Å²) in [5.74, 6) is -0.144. The Morgan fingerprint density at radius 3 is 3.00 bits per heavy atom. The van der Waals surface area contributed by atoms with E-state index < -0.39 is 0 Å². The molecule has 0 unspecified atom stereocenters. The molecule has 1 amide bonds. The van der Waals surface area contributed by atoms with E-state index in [9.17, 15) is 4.79 Å². The standard InChI is InChI=1S/C14H15N3O/c1-3-4-5-6-14(18)16-12-8-7-11-10-15-17(2)13(11)9-12/h3-10H,1-2H3,(H,16,18)/b4-3+,6-5+. The number of benzene rings is 1. The Labute approximate surface area is 106 Å². The molecule has 4 heteroatoms. The van der Waals surface area contributed by atoms with E-state index in [-0.39, 0.29) is 5.91 Å². The van der Waals surface area contributed by atoms with Gasteiger partial charge in [0.2, 0.25) is 5.91 Å². The van der Waals surface area contributed by atoms with Crippen molar-refractivity contribution in [1.29, 1.82) is 0 Å². The molecular formula is C14H15N3O. The van der Waals surface area contributed by atoms with Gasteiger partial charge in [-0.15, -0.1) is 0 Å². The van der Waals surface area contributed by atoms with Crippen LogP contribution in [-0.4, -0.2) is 15.7 Å². The molecule has 0 saturated carbocycles. The maximum atomic E-state index is 11.6. The molecule has 92 valence electrons. The predicted octanol–water partition coefficient (Wildman–Crippen LogP) is 2.64. The lowest BCUT2D eigenvalue weighted by Gasteiger charge is -2.02. The van der Waals surface area contributed by atoms with Crippen LogP contribution >= 0.6 is 0 Å². The van der Waals surface area contributed by atoms with E-state index in [4.69, 9.17) is 0 Å². The zero-order chi connectivity index (χ0) is 13.0. The van der Waals surface area contributed by atoms with Gasteiger partial charge in [-0.3, -0.25) is 9.48 Å². The minimum absolute atomic E-state index is 0.144. The second kappa shape index (κ2) is 5.31. The van der Waals surface area contributed by atoms with Gasteiger partial charge >= 0.3 is 0 Å². The molecule has 0 atom stereocenters. The molecule has 0 aliphatic carbocycles. The smallest absolute Gasteiger partial charge is 0.248 e. The number of nitrogens with one attached hydrogen (secondary N) is 1. The van der Waals surface area contributed by atoms with E-state index in [1.807, 2.05) is 44.3 Å². The summed E-state index contributed by atoms with van der Waals surface area (Å²) in [6.07, 6.45) is 8.67. The molecule has 0 bridgehead atoms. The Balaban J connectivity index is 2.16. The number of fused-ring (bicyclic) bond motifs is 1. The van der Waals surface area contributed by atoms with Gasteiger partial charge in [-0.1, -0.05) is 18.2 Å². The van der Waals surface area contributed by atoms with Gasteiger partial charge in [0.15, 0.2) is 0 Å². The van der Waals surface area contributed by atoms with Crippen molar-refractivity contribution in [3.05, 3.63) is 48.7 Å². The summed E-state index contributed by atoms with van der Waals surface area (Å²) < 4.78 is 1.78. The number of hydrogen-bond donors (Lipinski definition) is 1. The second-order valence-corrected chi connectivity index (χ2v) is 3.92. The number of aromatic nitrogens is 2. The van der Waals surface area contributed by atoms with Crippen LogP contribution in [0.5, 0.6) is 0 Å². The summed E-state index contributed by atoms with van der Waals surface area (Å²) in [6.45, 7) is 1.90. The van der Waals surface area contributed by atoms with Crippen LogP contribution < -0.4 is 5.32 Å². The third-order valence-electron chi connectivity index (χ3n) is 2.57. The quantitative estimate of drug-likeness (QED) is 0.663. The Morgan fingerprint density at radius 2 is 2.22 bits per heavy atom. The molecule has 1 N–H and O–H groups in total. The van der Waals surface area contributed by atoms with Crippen LogP contribution in [0.1, 0.15) is 6.92 Å². The second-order valence-electron chi connectivity index (χ2n) is 3.92. The zero-order valence-corrected chi connectivity index (χ0v) is 10.4. The van der Waals surface area contributed by atoms with E-state index in [0.717, 1.165) is 16.6 Å². The normalized spacial score (nSPS) is 11.7. The molecule has 0 fully saturated rings. The summed E-state index contributed by atoms with van der Waals surface area (Å²) in [4.78, 5) is 11.6. The van der Waals surface area contributed by atoms with Gasteiger partial charge in [-0.05, 0) is 25.1 Å². The number of rotatable bonds is 3. The van der Waals surface area contributed by atoms with Crippen LogP contribution in [0, 0.1) is 0 Å². The van der Waals surface area contributed by atoms with Crippen LogP contribution in [0.15, 0.2) is 48.7 Å². The molecule has 18 heavy (non-hydrogen) atoms. The van der Waals surface area contributed by atoms with Gasteiger partial charge in [0.05, 0.1) is 11.7 Å². The average molecular weight is 241 g/mol. The SMILES string of the molecule is C/C=C/C=C/C(=O)Nc1ccc2cnn(C)c2c1. The van der Waals surface area contributed by atoms with E-state index >= 15 is 0 Å². The Morgan fingerprint density at radius 1 is 1.39 bits per heavy atom. The Hall–Kier alpha value is -2.36. The van der Waals surface area contributed by atoms with Crippen molar-refractivity contribution in [3.63, 3.8) is 0 Å². The highest BCUT2D eigenvalue weighted by atomic mass is 16.1. The summed E-state index contributed by atoms with van der Waals surface area (Å²) >= 11 is 0. The van der Waals surface area contributed by atoms with Crippen molar-refractivity contribution < 1.29 is 4.79 Å². The van der Waals surface area contributed by atoms with Crippen molar-refractivity contribution in [2.45, 2.75) is 6.92 Å². The number of carbonyl (C=O) groups excluding carboxylic acids is 1. The number of anilines is 1. The third-order valence-corrected chi connectivity index (χ3v) is 2.57. The maximum absolute atomic E-state index is 11.6. The summed E-state index contributed by atoms with van der Waals surface area (Å²) in [5.41, 5.74) is 1.76. The zero-order valence-electron chi connectivity index (χ0n) is 10.4. The van der Waals surface area contributed by atoms with Crippen molar-refractivity contribution >= 4 is 22.5 Å². The molecule has 0 aliphatic rings. The summed E-state index contributed by atoms with van der Waals surface area (Å²) in [6, 6.07) is 5.71. The molecule has 1 aromatic carbocycles. The Kier molecular flexibility index (Phi) is 3.57. The van der Waals surface area contributed by atoms with Crippen LogP contribution in [-0.2, 0) is 11.8 Å². The number of hydrogen-bond acceptors (Lipinski definition) is 2. The maximum Gasteiger partial charge on any atom is 0.248 e. The largest absolute Gasteiger partial charge is 0.322 e. The lowest BCUT2D eigenvalue weighted by molar-refractivity contribution is -0.111. The number of nitrogens with zero attached hydrogens (tertiary/aromatic N) is 2. The fourth-order valence-corrected chi connectivity index (χ4v) is 1.66. The average Bonchev–Trinajstić information content (AvgIpc) is 2.71. The summed E-state index contributed by atoms with van der Waals surface area (Å²) in [7, 11) is 1.87. The van der Waals surface area contributed by atoms with E-state index in [1.165, 1.54) is 6.08 Å². The van der Waals surface area contributed by atoms with Gasteiger partial charge in [-0.25, -0.2) is 0 Å². The molecule has 0 spiro atoms. The van der Waals surface area contributed by atoms with Gasteiger partial charge in [0, 0.05) is 24.2 Å². The lowest BCUT2D eigenvalue weighted by atomic mass is 10.2. The molecule has 2 aromatic rings. The van der Waals surface area contributed by atoms with E-state index in [1.54, 1.807) is 17.0 Å². The minimum Gasteiger partial charge on any atom is -0.322 e. The highest BCUT2D eigenvalue weighted by Gasteiger charge is 2.02. The molecule has 0 radical (unpaired) electrons. The van der Waals surface area contributed by atoms with Crippen LogP contribution in [0.25, 0.3) is 10.9 Å². The third kappa shape index (κ3) is 2.66. The lowest BCUT2D eigenvalue weighted by Crippen LogP contribution is -2.07. The van der Waals surface area contributed by atoms with Gasteiger partial charge in [0.25, 0.3) is 0 Å². The monoisotopic (exact) mass is 241 g/mol. The number of aryl methyl sites for hydroxylation is 1. The Bertz CT molecular complexity index is 623. The van der Waals surface area contributed by atoms with Gasteiger partial charge < -0.3 is 5.32 Å². The van der Waals surface area contributed by atoms with E-state index in [0.29, 0.717) is 0 Å². The highest BCUT2D eigenvalue weighted by Crippen LogP contribution is 2.18. The first-order chi connectivity index (χ1) is 8.70. The molecule has 0 aliphatic heterocycles. The fraction of sp³-hybridized carbons (Fsp3) is 0.143. The molecular weight excluding hydrogens is 226 g/mol. The van der Waals surface area contributed by atoms with Gasteiger partial charge in [0.1, 0.15) is 0 Å². The first-order valence-electron chi connectivity index (χ1n) is 5.73. The topological polar surface area (TPSA) is 46.9 Å². The van der Waals surface area contributed by atoms with Crippen LogP contribution in [0.3, 0.4) is 0 Å². The minimum atomic E-state index is -0.144. The first kappa shape index (κ1) is 12.1. The van der Waals surface area contributed by atoms with Crippen LogP contribution in [0.2, 0.25) is 0 Å². The predicted molar refractivity (Wildman–Crippen MR) is 73.3 cm³/mol. The van der Waals surface area contributed by atoms with Crippen LogP contribution in [0.4, 0.5) is 5.69 Å². The molecule has 4 nitrogen and oxygen atoms in total. The fourth-order valence-electron chi connectivity index (χ4n) is 1.66. The van der Waals surface area contributed by atoms with Crippen molar-refractivity contribution in [1.82, 2.24) is 9.78 Å². The molecule has 1 heterocycles. The number of carbonyl (C=O) groups is 1. The first-order valence-corrected chi connectivity index (χ1v) is 5.73. The number of allylic oxidation sites excluding steroid dienone is 3. The number of amides is 1. The van der Waals surface area contributed by atoms with Crippen molar-refractivity contribution in [2.75, 3.05) is 5.32 Å². The van der Waals surface area contributed by atoms with Crippen molar-refractivity contribution in [2.24, 2.45) is 7.05 Å².